The van der Waals surface area contributed by atoms with Gasteiger partial charge in [0.2, 0.25) is 0 Å². The van der Waals surface area contributed by atoms with Crippen LogP contribution in [0.4, 0.5) is 0 Å². The number of hydrogen-bond acceptors (Lipinski definition) is 15. The Bertz CT molecular complexity index is 1310. The molecule has 3 aliphatic rings. The van der Waals surface area contributed by atoms with E-state index in [0.29, 0.717) is 18.3 Å². The van der Waals surface area contributed by atoms with Crippen molar-refractivity contribution in [3.8, 4) is 0 Å². The van der Waals surface area contributed by atoms with Gasteiger partial charge in [0.1, 0.15) is 49.0 Å². The summed E-state index contributed by atoms with van der Waals surface area (Å²) in [5.41, 5.74) is 0.683. The van der Waals surface area contributed by atoms with Crippen molar-refractivity contribution in [2.75, 3.05) is 34.9 Å². The zero-order valence-electron chi connectivity index (χ0n) is 33.4. The molecule has 3 N–H and O–H groups in total. The van der Waals surface area contributed by atoms with Crippen LogP contribution in [0.25, 0.3) is 0 Å². The Morgan fingerprint density at radius 1 is 0.889 bits per heavy atom. The van der Waals surface area contributed by atoms with Crippen LogP contribution >= 0.6 is 0 Å². The molecule has 0 bridgehead atoms. The minimum Gasteiger partial charge on any atom is -0.461 e. The number of hydrogen-bond donors (Lipinski definition) is 3. The topological polar surface area (TPSA) is 197 Å². The van der Waals surface area contributed by atoms with Crippen LogP contribution in [0.2, 0.25) is 0 Å². The van der Waals surface area contributed by atoms with E-state index >= 15 is 0 Å². The van der Waals surface area contributed by atoms with E-state index in [2.05, 4.69) is 0 Å². The number of ketones is 2. The number of carbonyl (C=O) groups excluding carboxylic acids is 4. The summed E-state index contributed by atoms with van der Waals surface area (Å²) in [6.07, 6.45) is -4.74. The highest BCUT2D eigenvalue weighted by Gasteiger charge is 2.48. The number of rotatable bonds is 11. The zero-order valence-corrected chi connectivity index (χ0v) is 33.4. The summed E-state index contributed by atoms with van der Waals surface area (Å²) in [5.74, 6) is -4.34. The number of likely N-dealkylation sites (N-methyl/N-ethyl adjacent to an activating group) is 1. The molecule has 2 saturated heterocycles. The smallest absolute Gasteiger partial charge is 0.313 e. The fraction of sp³-hybridized carbons (Fsp3) is 0.795. The number of aliphatic hydroxyl groups is 3. The summed E-state index contributed by atoms with van der Waals surface area (Å²) in [4.78, 5) is 54.5. The van der Waals surface area contributed by atoms with E-state index in [1.54, 1.807) is 59.7 Å². The number of Topliss-reactive ketones (excluding diaryl/α,β-unsaturated/α-hetero) is 1. The van der Waals surface area contributed by atoms with Gasteiger partial charge in [-0.05, 0) is 59.7 Å². The molecular weight excluding hydrogens is 706 g/mol. The molecule has 16 atom stereocenters. The lowest BCUT2D eigenvalue weighted by molar-refractivity contribution is -0.304. The third-order valence-electron chi connectivity index (χ3n) is 10.9. The Balaban J connectivity index is 1.97. The van der Waals surface area contributed by atoms with Gasteiger partial charge in [-0.1, -0.05) is 38.5 Å². The molecule has 2 fully saturated rings. The monoisotopic (exact) mass is 769 g/mol. The van der Waals surface area contributed by atoms with Crippen molar-refractivity contribution in [1.29, 1.82) is 0 Å². The number of allylic oxidation sites excluding steroid dienone is 3. The van der Waals surface area contributed by atoms with Gasteiger partial charge < -0.3 is 58.2 Å². The van der Waals surface area contributed by atoms with Gasteiger partial charge >= 0.3 is 5.97 Å². The predicted molar refractivity (Wildman–Crippen MR) is 195 cm³/mol. The molecule has 0 spiro atoms. The van der Waals surface area contributed by atoms with Crippen LogP contribution in [0.1, 0.15) is 67.2 Å². The van der Waals surface area contributed by atoms with Crippen LogP contribution in [0.3, 0.4) is 0 Å². The van der Waals surface area contributed by atoms with E-state index < -0.39 is 115 Å². The van der Waals surface area contributed by atoms with Crippen molar-refractivity contribution in [3.05, 3.63) is 23.8 Å². The van der Waals surface area contributed by atoms with E-state index in [9.17, 15) is 34.5 Å². The molecule has 0 aromatic carbocycles. The average Bonchev–Trinajstić information content (AvgIpc) is 3.12. The Labute approximate surface area is 319 Å². The van der Waals surface area contributed by atoms with Crippen LogP contribution in [0.15, 0.2) is 23.8 Å². The van der Waals surface area contributed by atoms with Gasteiger partial charge in [-0.25, -0.2) is 0 Å². The molecule has 3 heterocycles. The first-order chi connectivity index (χ1) is 25.5. The molecule has 0 aromatic rings. The first-order valence-corrected chi connectivity index (χ1v) is 18.9. The SMILES string of the molecule is CCC1OC(=O)CC(=O)C(C)C(O[C@@H]2O[C@H](C)[C@@H](O)[C@H](N(C)C)[C@H]2O)C(CC=O)CC(C)C(=O)/C=C/C(C)=C/C1CO[C@@H]1O[C@H](C)[C@@H](O)[C@@H](OC)[C@@H]1OC. The summed E-state index contributed by atoms with van der Waals surface area (Å²) in [6, 6.07) is -0.762. The van der Waals surface area contributed by atoms with E-state index in [4.69, 9.17) is 33.2 Å². The molecule has 15 heteroatoms. The maximum Gasteiger partial charge on any atom is 0.313 e. The molecule has 0 aromatic heterocycles. The van der Waals surface area contributed by atoms with Gasteiger partial charge in [0.25, 0.3) is 0 Å². The van der Waals surface area contributed by atoms with Crippen molar-refractivity contribution in [1.82, 2.24) is 4.90 Å². The number of ether oxygens (including phenoxy) is 7. The zero-order chi connectivity index (χ0) is 40.4. The van der Waals surface area contributed by atoms with Gasteiger partial charge in [0, 0.05) is 38.4 Å². The second-order valence-corrected chi connectivity index (χ2v) is 15.2. The van der Waals surface area contributed by atoms with Gasteiger partial charge in [-0.15, -0.1) is 0 Å². The number of methoxy groups -OCH3 is 2. The highest BCUT2D eigenvalue weighted by molar-refractivity contribution is 5.97. The van der Waals surface area contributed by atoms with Crippen molar-refractivity contribution in [2.24, 2.45) is 23.7 Å². The summed E-state index contributed by atoms with van der Waals surface area (Å²) in [7, 11) is 6.32. The summed E-state index contributed by atoms with van der Waals surface area (Å²) >= 11 is 0. The Kier molecular flexibility index (Phi) is 18.0. The lowest BCUT2D eigenvalue weighted by Crippen LogP contribution is -2.63. The molecule has 0 radical (unpaired) electrons. The summed E-state index contributed by atoms with van der Waals surface area (Å²) < 4.78 is 41.4. The lowest BCUT2D eigenvalue weighted by Gasteiger charge is -2.46. The minimum absolute atomic E-state index is 0.0104. The standard InChI is InChI=1S/C39H63NO14/c1-11-29-26(19-50-39-37(49-10)36(48-9)33(46)24(6)52-39)16-20(2)12-13-27(42)21(3)17-25(14-15-41)35(22(4)28(43)18-30(44)53-29)54-38-34(47)31(40(7)8)32(45)23(5)51-38/h12-13,15-16,21-26,29,31-39,45-47H,11,14,17-19H2,1-10H3/b13-12+,20-16+/t21?,22?,23-,24-,25?,26?,29?,31+,32-,33-,34-,35?,36-,37+,38+,39-/m1/s1. The second kappa shape index (κ2) is 21.2. The highest BCUT2D eigenvalue weighted by Crippen LogP contribution is 2.34. The Hall–Kier alpha value is -2.44. The van der Waals surface area contributed by atoms with Gasteiger partial charge in [-0.3, -0.25) is 14.4 Å². The fourth-order valence-corrected chi connectivity index (χ4v) is 7.64. The highest BCUT2D eigenvalue weighted by atomic mass is 16.7. The van der Waals surface area contributed by atoms with Gasteiger partial charge in [0.15, 0.2) is 18.4 Å². The number of aliphatic hydroxyl groups excluding tert-OH is 3. The molecule has 54 heavy (non-hydrogen) atoms. The van der Waals surface area contributed by atoms with Crippen LogP contribution in [-0.2, 0) is 52.3 Å². The molecule has 308 valence electrons. The maximum absolute atomic E-state index is 13.9. The van der Waals surface area contributed by atoms with Gasteiger partial charge in [0.05, 0.1) is 37.1 Å². The third kappa shape index (κ3) is 11.6. The number of esters is 1. The normalized spacial score (nSPS) is 42.3. The van der Waals surface area contributed by atoms with Crippen LogP contribution < -0.4 is 0 Å². The van der Waals surface area contributed by atoms with Crippen molar-refractivity contribution in [2.45, 2.75) is 141 Å². The molecule has 3 rings (SSSR count). The van der Waals surface area contributed by atoms with Crippen molar-refractivity contribution < 1.29 is 67.7 Å². The number of nitrogens with zero attached hydrogens (tertiary/aromatic N) is 1. The first-order valence-electron chi connectivity index (χ1n) is 18.9. The van der Waals surface area contributed by atoms with Crippen molar-refractivity contribution in [3.63, 3.8) is 0 Å². The van der Waals surface area contributed by atoms with E-state index in [0.717, 1.165) is 0 Å². The molecule has 0 amide bonds. The van der Waals surface area contributed by atoms with E-state index in [-0.39, 0.29) is 25.2 Å². The first kappa shape index (κ1) is 45.9. The number of cyclic esters (lactones) is 1. The molecule has 0 saturated carbocycles. The largest absolute Gasteiger partial charge is 0.461 e. The number of carbonyl (C=O) groups is 4. The Morgan fingerprint density at radius 2 is 1.52 bits per heavy atom. The summed E-state index contributed by atoms with van der Waals surface area (Å²) in [6.45, 7) is 10.3. The molecule has 0 aliphatic carbocycles. The van der Waals surface area contributed by atoms with E-state index in [1.807, 2.05) is 13.0 Å². The summed E-state index contributed by atoms with van der Waals surface area (Å²) in [5, 5.41) is 32.6. The molecule has 15 nitrogen and oxygen atoms in total. The average molecular weight is 770 g/mol. The maximum atomic E-state index is 13.9. The predicted octanol–water partition coefficient (Wildman–Crippen LogP) is 1.77. The van der Waals surface area contributed by atoms with Crippen LogP contribution in [-0.4, -0.2) is 153 Å². The van der Waals surface area contributed by atoms with Crippen molar-refractivity contribution >= 4 is 23.8 Å². The van der Waals surface area contributed by atoms with E-state index in [1.165, 1.54) is 20.3 Å². The fourth-order valence-electron chi connectivity index (χ4n) is 7.64. The molecule has 3 aliphatic heterocycles. The lowest BCUT2D eigenvalue weighted by atomic mass is 9.80. The van der Waals surface area contributed by atoms with Crippen LogP contribution in [0, 0.1) is 23.7 Å². The number of aldehydes is 1. The Morgan fingerprint density at radius 3 is 2.11 bits per heavy atom. The van der Waals surface area contributed by atoms with Crippen LogP contribution in [0.5, 0.6) is 0 Å². The minimum atomic E-state index is -1.33. The third-order valence-corrected chi connectivity index (χ3v) is 10.9. The van der Waals surface area contributed by atoms with Gasteiger partial charge in [-0.2, -0.15) is 0 Å². The molecular formula is C39H63NO14. The quantitative estimate of drug-likeness (QED) is 0.156. The molecule has 6 unspecified atom stereocenters. The second-order valence-electron chi connectivity index (χ2n) is 15.2.